The first-order valence-corrected chi connectivity index (χ1v) is 8.81. The zero-order valence-electron chi connectivity index (χ0n) is 15.6. The number of benzene rings is 2. The molecule has 0 fully saturated rings. The van der Waals surface area contributed by atoms with E-state index < -0.39 is 5.97 Å². The highest BCUT2D eigenvalue weighted by molar-refractivity contribution is 5.96. The van der Waals surface area contributed by atoms with Crippen molar-refractivity contribution in [2.75, 3.05) is 17.2 Å². The summed E-state index contributed by atoms with van der Waals surface area (Å²) in [6, 6.07) is 15.8. The minimum absolute atomic E-state index is 0.0180. The molecule has 0 bridgehead atoms. The van der Waals surface area contributed by atoms with E-state index in [1.165, 1.54) is 6.92 Å². The Labute approximate surface area is 162 Å². The number of carbonyl (C=O) groups excluding carboxylic acids is 2. The number of ketones is 1. The van der Waals surface area contributed by atoms with Crippen LogP contribution in [0.5, 0.6) is 0 Å². The molecule has 0 amide bonds. The minimum atomic E-state index is -0.404. The fourth-order valence-corrected chi connectivity index (χ4v) is 2.55. The number of aromatic nitrogens is 2. The lowest BCUT2D eigenvalue weighted by Crippen LogP contribution is -2.08. The van der Waals surface area contributed by atoms with Crippen molar-refractivity contribution in [3.63, 3.8) is 0 Å². The van der Waals surface area contributed by atoms with Crippen LogP contribution in [0.25, 0.3) is 0 Å². The maximum Gasteiger partial charge on any atom is 0.340 e. The van der Waals surface area contributed by atoms with Crippen molar-refractivity contribution in [1.82, 2.24) is 9.97 Å². The Kier molecular flexibility index (Phi) is 5.96. The molecule has 0 aliphatic rings. The number of carbonyl (C=O) groups is 2. The number of Topliss-reactive ketones (excluding diaryl/α,β-unsaturated/α-hetero) is 1. The summed E-state index contributed by atoms with van der Waals surface area (Å²) >= 11 is 0. The topological polar surface area (TPSA) is 93.2 Å². The van der Waals surface area contributed by atoms with Crippen LogP contribution in [0.2, 0.25) is 0 Å². The van der Waals surface area contributed by atoms with Gasteiger partial charge in [0, 0.05) is 17.4 Å². The van der Waals surface area contributed by atoms with Crippen molar-refractivity contribution in [1.29, 1.82) is 0 Å². The lowest BCUT2D eigenvalue weighted by atomic mass is 10.1. The van der Waals surface area contributed by atoms with E-state index in [0.717, 1.165) is 0 Å². The number of hydrogen-bond acceptors (Lipinski definition) is 7. The van der Waals surface area contributed by atoms with Crippen molar-refractivity contribution in [2.45, 2.75) is 13.8 Å². The molecule has 3 rings (SSSR count). The van der Waals surface area contributed by atoms with Crippen molar-refractivity contribution in [3.05, 3.63) is 71.9 Å². The Morgan fingerprint density at radius 3 is 2.64 bits per heavy atom. The van der Waals surface area contributed by atoms with Crippen LogP contribution in [-0.4, -0.2) is 28.3 Å². The third-order valence-electron chi connectivity index (χ3n) is 3.87. The first-order valence-electron chi connectivity index (χ1n) is 8.81. The molecule has 28 heavy (non-hydrogen) atoms. The van der Waals surface area contributed by atoms with Gasteiger partial charge in [0.1, 0.15) is 5.82 Å². The zero-order chi connectivity index (χ0) is 19.9. The monoisotopic (exact) mass is 376 g/mol. The van der Waals surface area contributed by atoms with E-state index in [1.54, 1.807) is 55.6 Å². The average Bonchev–Trinajstić information content (AvgIpc) is 2.69. The summed E-state index contributed by atoms with van der Waals surface area (Å²) in [4.78, 5) is 32.3. The largest absolute Gasteiger partial charge is 0.462 e. The Morgan fingerprint density at radius 2 is 1.86 bits per heavy atom. The summed E-state index contributed by atoms with van der Waals surface area (Å²) in [5, 5.41) is 6.20. The number of para-hydroxylation sites is 1. The van der Waals surface area contributed by atoms with E-state index in [9.17, 15) is 9.59 Å². The second-order valence-corrected chi connectivity index (χ2v) is 5.92. The van der Waals surface area contributed by atoms with E-state index >= 15 is 0 Å². The second kappa shape index (κ2) is 8.77. The number of nitrogens with one attached hydrogen (secondary N) is 2. The third-order valence-corrected chi connectivity index (χ3v) is 3.87. The first kappa shape index (κ1) is 19.0. The molecule has 3 aromatic rings. The molecule has 0 radical (unpaired) electrons. The number of nitrogens with zero attached hydrogens (tertiary/aromatic N) is 2. The van der Waals surface area contributed by atoms with Gasteiger partial charge in [0.2, 0.25) is 5.95 Å². The maximum absolute atomic E-state index is 12.1. The Bertz CT molecular complexity index is 1000. The standard InChI is InChI=1S/C21H20N4O3/c1-3-28-20(27)17-9-4-5-10-18(17)24-19-11-12-22-21(25-19)23-16-8-6-7-15(13-16)14(2)26/h4-13H,3H2,1-2H3,(H2,22,23,24,25). The summed E-state index contributed by atoms with van der Waals surface area (Å²) in [7, 11) is 0. The molecule has 0 spiro atoms. The zero-order valence-corrected chi connectivity index (χ0v) is 15.6. The quantitative estimate of drug-likeness (QED) is 0.468. The Balaban J connectivity index is 1.80. The summed E-state index contributed by atoms with van der Waals surface area (Å²) < 4.78 is 5.09. The van der Waals surface area contributed by atoms with Gasteiger partial charge in [-0.2, -0.15) is 4.98 Å². The van der Waals surface area contributed by atoms with Crippen molar-refractivity contribution in [3.8, 4) is 0 Å². The van der Waals surface area contributed by atoms with E-state index in [4.69, 9.17) is 4.74 Å². The predicted molar refractivity (Wildman–Crippen MR) is 107 cm³/mol. The summed E-state index contributed by atoms with van der Waals surface area (Å²) in [5.74, 6) is 0.450. The van der Waals surface area contributed by atoms with Gasteiger partial charge in [0.25, 0.3) is 0 Å². The average molecular weight is 376 g/mol. The van der Waals surface area contributed by atoms with Crippen LogP contribution >= 0.6 is 0 Å². The highest BCUT2D eigenvalue weighted by Gasteiger charge is 2.12. The molecular formula is C21H20N4O3. The Morgan fingerprint density at radius 1 is 1.04 bits per heavy atom. The molecule has 0 aliphatic heterocycles. The molecule has 0 saturated heterocycles. The lowest BCUT2D eigenvalue weighted by molar-refractivity contribution is 0.0527. The first-order chi connectivity index (χ1) is 13.6. The molecule has 0 aliphatic carbocycles. The van der Waals surface area contributed by atoms with Crippen LogP contribution in [-0.2, 0) is 4.74 Å². The fourth-order valence-electron chi connectivity index (χ4n) is 2.55. The van der Waals surface area contributed by atoms with Crippen molar-refractivity contribution in [2.24, 2.45) is 0 Å². The maximum atomic E-state index is 12.1. The van der Waals surface area contributed by atoms with Crippen molar-refractivity contribution < 1.29 is 14.3 Å². The molecule has 7 heteroatoms. The van der Waals surface area contributed by atoms with E-state index in [-0.39, 0.29) is 5.78 Å². The van der Waals surface area contributed by atoms with E-state index in [2.05, 4.69) is 20.6 Å². The molecular weight excluding hydrogens is 356 g/mol. The van der Waals surface area contributed by atoms with Crippen molar-refractivity contribution >= 4 is 34.9 Å². The fraction of sp³-hybridized carbons (Fsp3) is 0.143. The van der Waals surface area contributed by atoms with Gasteiger partial charge < -0.3 is 15.4 Å². The lowest BCUT2D eigenvalue weighted by Gasteiger charge is -2.12. The van der Waals surface area contributed by atoms with Gasteiger partial charge in [-0.3, -0.25) is 4.79 Å². The molecule has 0 unspecified atom stereocenters. The van der Waals surface area contributed by atoms with Gasteiger partial charge in [0.05, 0.1) is 17.9 Å². The van der Waals surface area contributed by atoms with Gasteiger partial charge in [-0.25, -0.2) is 9.78 Å². The van der Waals surface area contributed by atoms with Crippen LogP contribution in [0.1, 0.15) is 34.6 Å². The van der Waals surface area contributed by atoms with Gasteiger partial charge in [-0.15, -0.1) is 0 Å². The molecule has 1 aromatic heterocycles. The van der Waals surface area contributed by atoms with Crippen LogP contribution < -0.4 is 10.6 Å². The predicted octanol–water partition coefficient (Wildman–Crippen LogP) is 4.34. The van der Waals surface area contributed by atoms with Gasteiger partial charge in [0.15, 0.2) is 5.78 Å². The van der Waals surface area contributed by atoms with Crippen LogP contribution in [0.15, 0.2) is 60.8 Å². The van der Waals surface area contributed by atoms with Gasteiger partial charge >= 0.3 is 5.97 Å². The summed E-state index contributed by atoms with van der Waals surface area (Å²) in [5.41, 5.74) is 2.32. The molecule has 7 nitrogen and oxygen atoms in total. The smallest absolute Gasteiger partial charge is 0.340 e. The number of ether oxygens (including phenoxy) is 1. The second-order valence-electron chi connectivity index (χ2n) is 5.92. The van der Waals surface area contributed by atoms with Gasteiger partial charge in [-0.1, -0.05) is 24.3 Å². The molecule has 2 aromatic carbocycles. The summed E-state index contributed by atoms with van der Waals surface area (Å²) in [6.07, 6.45) is 1.60. The van der Waals surface area contributed by atoms with E-state index in [0.29, 0.717) is 40.9 Å². The number of hydrogen-bond donors (Lipinski definition) is 2. The highest BCUT2D eigenvalue weighted by atomic mass is 16.5. The van der Waals surface area contributed by atoms with E-state index in [1.807, 2.05) is 12.1 Å². The number of rotatable bonds is 7. The molecule has 0 atom stereocenters. The van der Waals surface area contributed by atoms with Crippen LogP contribution in [0.3, 0.4) is 0 Å². The van der Waals surface area contributed by atoms with Crippen LogP contribution in [0, 0.1) is 0 Å². The third kappa shape index (κ3) is 4.70. The minimum Gasteiger partial charge on any atom is -0.462 e. The molecule has 2 N–H and O–H groups in total. The number of anilines is 4. The van der Waals surface area contributed by atoms with Crippen LogP contribution in [0.4, 0.5) is 23.1 Å². The highest BCUT2D eigenvalue weighted by Crippen LogP contribution is 2.22. The molecule has 1 heterocycles. The molecule has 0 saturated carbocycles. The molecule has 142 valence electrons. The SMILES string of the molecule is CCOC(=O)c1ccccc1Nc1ccnc(Nc2cccc(C(C)=O)c2)n1. The number of esters is 1. The summed E-state index contributed by atoms with van der Waals surface area (Å²) in [6.45, 7) is 3.58. The Hall–Kier alpha value is -3.74. The normalized spacial score (nSPS) is 10.2. The van der Waals surface area contributed by atoms with Gasteiger partial charge in [-0.05, 0) is 44.2 Å².